The highest BCUT2D eigenvalue weighted by atomic mass is 32.2. The third-order valence-electron chi connectivity index (χ3n) is 4.07. The van der Waals surface area contributed by atoms with Gasteiger partial charge in [-0.2, -0.15) is 0 Å². The Balaban J connectivity index is 2.05. The van der Waals surface area contributed by atoms with E-state index in [0.29, 0.717) is 0 Å². The van der Waals surface area contributed by atoms with Gasteiger partial charge in [0.05, 0.1) is 12.8 Å². The maximum absolute atomic E-state index is 5.27. The quantitative estimate of drug-likeness (QED) is 0.824. The minimum atomic E-state index is -0.0179. The van der Waals surface area contributed by atoms with E-state index in [2.05, 4.69) is 55.3 Å². The van der Waals surface area contributed by atoms with Gasteiger partial charge in [0.15, 0.2) is 0 Å². The summed E-state index contributed by atoms with van der Waals surface area (Å²) in [5.41, 5.74) is 2.64. The maximum atomic E-state index is 5.27. The predicted molar refractivity (Wildman–Crippen MR) is 85.7 cm³/mol. The van der Waals surface area contributed by atoms with Crippen LogP contribution in [-0.4, -0.2) is 14.2 Å². The number of para-hydroxylation sites is 1. The van der Waals surface area contributed by atoms with Gasteiger partial charge < -0.3 is 9.64 Å². The molecule has 104 valence electrons. The maximum Gasteiger partial charge on any atom is 0.118 e. The lowest BCUT2D eigenvalue weighted by Crippen LogP contribution is -2.37. The van der Waals surface area contributed by atoms with Gasteiger partial charge in [0, 0.05) is 11.9 Å². The number of thioether (sulfide) groups is 1. The molecule has 0 radical (unpaired) electrons. The minimum Gasteiger partial charge on any atom is -0.497 e. The Morgan fingerprint density at radius 3 is 2.40 bits per heavy atom. The average molecular weight is 285 g/mol. The number of anilines is 1. The van der Waals surface area contributed by atoms with Crippen molar-refractivity contribution in [2.45, 2.75) is 23.1 Å². The number of nitrogens with zero attached hydrogens (tertiary/aromatic N) is 1. The summed E-state index contributed by atoms with van der Waals surface area (Å²) in [6.07, 6.45) is 1.05. The Morgan fingerprint density at radius 2 is 1.80 bits per heavy atom. The third-order valence-corrected chi connectivity index (χ3v) is 5.77. The Labute approximate surface area is 124 Å². The number of methoxy groups -OCH3 is 1. The van der Waals surface area contributed by atoms with E-state index in [4.69, 9.17) is 4.74 Å². The Kier molecular flexibility index (Phi) is 3.38. The van der Waals surface area contributed by atoms with Gasteiger partial charge >= 0.3 is 0 Å². The van der Waals surface area contributed by atoms with Crippen LogP contribution in [0.4, 0.5) is 5.69 Å². The third kappa shape index (κ3) is 1.88. The molecule has 2 aromatic rings. The topological polar surface area (TPSA) is 12.5 Å². The minimum absolute atomic E-state index is 0.0179. The zero-order valence-corrected chi connectivity index (χ0v) is 12.9. The fourth-order valence-electron chi connectivity index (χ4n) is 2.88. The van der Waals surface area contributed by atoms with Gasteiger partial charge in [-0.15, -0.1) is 0 Å². The highest BCUT2D eigenvalue weighted by Crippen LogP contribution is 2.56. The molecule has 0 N–H and O–H groups in total. The smallest absolute Gasteiger partial charge is 0.118 e. The first-order valence-electron chi connectivity index (χ1n) is 6.87. The Hall–Kier alpha value is -1.61. The number of hydrogen-bond acceptors (Lipinski definition) is 3. The fraction of sp³-hybridized carbons (Fsp3) is 0.294. The Morgan fingerprint density at radius 1 is 1.10 bits per heavy atom. The van der Waals surface area contributed by atoms with Crippen LogP contribution >= 0.6 is 11.8 Å². The molecule has 1 unspecified atom stereocenters. The molecule has 1 atom stereocenters. The van der Waals surface area contributed by atoms with Crippen LogP contribution in [0.1, 0.15) is 18.9 Å². The summed E-state index contributed by atoms with van der Waals surface area (Å²) in [5.74, 6) is 0.906. The van der Waals surface area contributed by atoms with Crippen molar-refractivity contribution in [2.24, 2.45) is 0 Å². The van der Waals surface area contributed by atoms with Gasteiger partial charge in [0.1, 0.15) is 10.6 Å². The molecule has 20 heavy (non-hydrogen) atoms. The highest BCUT2D eigenvalue weighted by molar-refractivity contribution is 8.00. The summed E-state index contributed by atoms with van der Waals surface area (Å²) in [6.45, 7) is 2.25. The number of fused-ring (bicyclic) bond motifs is 1. The van der Waals surface area contributed by atoms with Gasteiger partial charge in [-0.3, -0.25) is 0 Å². The first kappa shape index (κ1) is 13.4. The lowest BCUT2D eigenvalue weighted by molar-refractivity contribution is 0.414. The zero-order valence-electron chi connectivity index (χ0n) is 12.1. The van der Waals surface area contributed by atoms with Crippen LogP contribution in [0.2, 0.25) is 0 Å². The first-order chi connectivity index (χ1) is 9.71. The van der Waals surface area contributed by atoms with Crippen LogP contribution in [0.15, 0.2) is 53.4 Å². The molecule has 0 saturated carbocycles. The molecule has 0 spiro atoms. The van der Waals surface area contributed by atoms with E-state index in [9.17, 15) is 0 Å². The van der Waals surface area contributed by atoms with Crippen molar-refractivity contribution in [2.75, 3.05) is 19.1 Å². The lowest BCUT2D eigenvalue weighted by atomic mass is 10.0. The fourth-order valence-corrected chi connectivity index (χ4v) is 4.34. The van der Waals surface area contributed by atoms with Crippen LogP contribution in [0, 0.1) is 0 Å². The Bertz CT molecular complexity index is 611. The van der Waals surface area contributed by atoms with Crippen molar-refractivity contribution in [3.8, 4) is 5.75 Å². The van der Waals surface area contributed by atoms with Crippen molar-refractivity contribution >= 4 is 17.4 Å². The summed E-state index contributed by atoms with van der Waals surface area (Å²) < 4.78 is 5.27. The van der Waals surface area contributed by atoms with Crippen LogP contribution in [0.5, 0.6) is 5.75 Å². The summed E-state index contributed by atoms with van der Waals surface area (Å²) in [4.78, 5) is 3.73. The van der Waals surface area contributed by atoms with Gasteiger partial charge in [-0.1, -0.05) is 43.0 Å². The number of benzene rings is 2. The molecule has 0 fully saturated rings. The molecule has 0 saturated heterocycles. The summed E-state index contributed by atoms with van der Waals surface area (Å²) >= 11 is 1.94. The van der Waals surface area contributed by atoms with E-state index in [0.717, 1.165) is 12.2 Å². The molecule has 0 aromatic heterocycles. The van der Waals surface area contributed by atoms with E-state index >= 15 is 0 Å². The van der Waals surface area contributed by atoms with Gasteiger partial charge in [0.25, 0.3) is 0 Å². The first-order valence-corrected chi connectivity index (χ1v) is 7.69. The van der Waals surface area contributed by atoms with E-state index in [1.807, 2.05) is 23.9 Å². The van der Waals surface area contributed by atoms with E-state index in [1.54, 1.807) is 7.11 Å². The predicted octanol–water partition coefficient (Wildman–Crippen LogP) is 4.50. The highest BCUT2D eigenvalue weighted by Gasteiger charge is 2.42. The van der Waals surface area contributed by atoms with Crippen LogP contribution in [-0.2, 0) is 4.87 Å². The molecule has 1 heterocycles. The number of ether oxygens (including phenoxy) is 1. The van der Waals surface area contributed by atoms with Crippen LogP contribution in [0.25, 0.3) is 0 Å². The lowest BCUT2D eigenvalue weighted by Gasteiger charge is -2.36. The van der Waals surface area contributed by atoms with Gasteiger partial charge in [-0.25, -0.2) is 0 Å². The summed E-state index contributed by atoms with van der Waals surface area (Å²) in [5, 5.41) is 0. The molecule has 0 amide bonds. The van der Waals surface area contributed by atoms with Crippen molar-refractivity contribution in [3.05, 3.63) is 54.1 Å². The summed E-state index contributed by atoms with van der Waals surface area (Å²) in [6, 6.07) is 17.1. The molecular formula is C17H19NOS. The molecule has 1 aliphatic rings. The summed E-state index contributed by atoms with van der Waals surface area (Å²) in [7, 11) is 3.89. The van der Waals surface area contributed by atoms with Crippen molar-refractivity contribution < 1.29 is 4.74 Å². The van der Waals surface area contributed by atoms with Gasteiger partial charge in [-0.05, 0) is 36.2 Å². The molecule has 2 aromatic carbocycles. The second-order valence-corrected chi connectivity index (χ2v) is 6.31. The molecule has 3 heteroatoms. The van der Waals surface area contributed by atoms with E-state index < -0.39 is 0 Å². The molecule has 3 rings (SSSR count). The van der Waals surface area contributed by atoms with Crippen molar-refractivity contribution in [1.29, 1.82) is 0 Å². The molecule has 1 aliphatic heterocycles. The van der Waals surface area contributed by atoms with E-state index in [1.165, 1.54) is 16.1 Å². The normalized spacial score (nSPS) is 20.9. The van der Waals surface area contributed by atoms with Crippen LogP contribution in [0.3, 0.4) is 0 Å². The molecular weight excluding hydrogens is 266 g/mol. The second-order valence-electron chi connectivity index (χ2n) is 5.00. The standard InChI is InChI=1S/C17H19NOS/c1-4-17(13-9-11-14(19-3)12-10-13)18(2)15-7-5-6-8-16(15)20-17/h5-12H,4H2,1-3H3. The van der Waals surface area contributed by atoms with Crippen LogP contribution < -0.4 is 9.64 Å². The molecule has 0 aliphatic carbocycles. The molecule has 2 nitrogen and oxygen atoms in total. The van der Waals surface area contributed by atoms with Crippen molar-refractivity contribution in [3.63, 3.8) is 0 Å². The number of hydrogen-bond donors (Lipinski definition) is 0. The monoisotopic (exact) mass is 285 g/mol. The van der Waals surface area contributed by atoms with Crippen molar-refractivity contribution in [1.82, 2.24) is 0 Å². The van der Waals surface area contributed by atoms with Gasteiger partial charge in [0.2, 0.25) is 0 Å². The van der Waals surface area contributed by atoms with E-state index in [-0.39, 0.29) is 4.87 Å². The zero-order chi connectivity index (χ0) is 14.2. The average Bonchev–Trinajstić information content (AvgIpc) is 2.81. The second kappa shape index (κ2) is 5.06. The number of rotatable bonds is 3. The largest absolute Gasteiger partial charge is 0.497 e. The SMILES string of the molecule is CCC1(c2ccc(OC)cc2)Sc2ccccc2N1C. The molecule has 0 bridgehead atoms.